The molecule has 1 saturated heterocycles. The molecule has 0 bridgehead atoms. The number of carbonyl (C=O) groups is 1. The summed E-state index contributed by atoms with van der Waals surface area (Å²) in [5.41, 5.74) is -0.148. The highest BCUT2D eigenvalue weighted by Crippen LogP contribution is 2.29. The van der Waals surface area contributed by atoms with Crippen molar-refractivity contribution in [3.8, 4) is 0 Å². The number of rotatable bonds is 4. The molecule has 1 amide bonds. The van der Waals surface area contributed by atoms with Gasteiger partial charge in [0.15, 0.2) is 0 Å². The fraction of sp³-hybridized carbons (Fsp3) is 0.562. The Hall–Kier alpha value is -1.60. The van der Waals surface area contributed by atoms with Crippen molar-refractivity contribution in [2.75, 3.05) is 39.9 Å². The van der Waals surface area contributed by atoms with Crippen LogP contribution in [0.4, 0.5) is 13.2 Å². The number of amides is 1. The standard InChI is InChI=1S/C16H21F3N2O2/c1-21-6-7-23-11-13(10-21)9-20-15(22)8-12-2-4-14(5-3-12)16(17,18)19/h2-5,13H,6-11H2,1H3,(H,20,22)/t13-/m1/s1. The monoisotopic (exact) mass is 330 g/mol. The van der Waals surface area contributed by atoms with E-state index in [1.165, 1.54) is 12.1 Å². The largest absolute Gasteiger partial charge is 0.416 e. The first-order valence-corrected chi connectivity index (χ1v) is 7.53. The van der Waals surface area contributed by atoms with Crippen LogP contribution in [-0.2, 0) is 22.1 Å². The van der Waals surface area contributed by atoms with Gasteiger partial charge in [-0.25, -0.2) is 0 Å². The molecule has 128 valence electrons. The van der Waals surface area contributed by atoms with Gasteiger partial charge in [-0.15, -0.1) is 0 Å². The first-order chi connectivity index (χ1) is 10.8. The zero-order chi connectivity index (χ0) is 16.9. The first-order valence-electron chi connectivity index (χ1n) is 7.53. The lowest BCUT2D eigenvalue weighted by molar-refractivity contribution is -0.137. The smallest absolute Gasteiger partial charge is 0.380 e. The number of carbonyl (C=O) groups excluding carboxylic acids is 1. The number of hydrogen-bond donors (Lipinski definition) is 1. The Bertz CT molecular complexity index is 517. The van der Waals surface area contributed by atoms with E-state index in [0.717, 1.165) is 25.2 Å². The van der Waals surface area contributed by atoms with Crippen molar-refractivity contribution >= 4 is 5.91 Å². The van der Waals surface area contributed by atoms with Crippen molar-refractivity contribution in [3.05, 3.63) is 35.4 Å². The van der Waals surface area contributed by atoms with Crippen LogP contribution in [0.2, 0.25) is 0 Å². The summed E-state index contributed by atoms with van der Waals surface area (Å²) in [4.78, 5) is 14.1. The van der Waals surface area contributed by atoms with Crippen molar-refractivity contribution in [2.45, 2.75) is 12.6 Å². The van der Waals surface area contributed by atoms with Gasteiger partial charge in [-0.3, -0.25) is 4.79 Å². The van der Waals surface area contributed by atoms with Gasteiger partial charge in [0.2, 0.25) is 5.91 Å². The fourth-order valence-corrected chi connectivity index (χ4v) is 2.50. The van der Waals surface area contributed by atoms with Crippen molar-refractivity contribution in [3.63, 3.8) is 0 Å². The molecule has 0 spiro atoms. The van der Waals surface area contributed by atoms with E-state index in [4.69, 9.17) is 4.74 Å². The molecule has 0 aromatic heterocycles. The summed E-state index contributed by atoms with van der Waals surface area (Å²) in [6, 6.07) is 4.67. The Morgan fingerprint density at radius 1 is 1.35 bits per heavy atom. The van der Waals surface area contributed by atoms with E-state index < -0.39 is 11.7 Å². The van der Waals surface area contributed by atoms with Crippen LogP contribution < -0.4 is 5.32 Å². The summed E-state index contributed by atoms with van der Waals surface area (Å²) < 4.78 is 42.9. The number of hydrogen-bond acceptors (Lipinski definition) is 3. The predicted molar refractivity (Wildman–Crippen MR) is 80.0 cm³/mol. The number of halogens is 3. The maximum absolute atomic E-state index is 12.5. The van der Waals surface area contributed by atoms with Crippen LogP contribution >= 0.6 is 0 Å². The van der Waals surface area contributed by atoms with E-state index in [1.54, 1.807) is 0 Å². The molecule has 0 saturated carbocycles. The highest BCUT2D eigenvalue weighted by Gasteiger charge is 2.30. The Balaban J connectivity index is 1.80. The van der Waals surface area contributed by atoms with Crippen LogP contribution in [0.25, 0.3) is 0 Å². The molecule has 4 nitrogen and oxygen atoms in total. The van der Waals surface area contributed by atoms with Crippen LogP contribution in [0.15, 0.2) is 24.3 Å². The third-order valence-electron chi connectivity index (χ3n) is 3.77. The molecule has 1 atom stereocenters. The molecule has 1 N–H and O–H groups in total. The molecule has 0 aliphatic carbocycles. The summed E-state index contributed by atoms with van der Waals surface area (Å²) in [6.07, 6.45) is -4.28. The molecular formula is C16H21F3N2O2. The number of nitrogens with zero attached hydrogens (tertiary/aromatic N) is 1. The van der Waals surface area contributed by atoms with Gasteiger partial charge in [0, 0.05) is 25.6 Å². The zero-order valence-corrected chi connectivity index (χ0v) is 13.0. The van der Waals surface area contributed by atoms with E-state index in [2.05, 4.69) is 10.2 Å². The van der Waals surface area contributed by atoms with Gasteiger partial charge in [0.1, 0.15) is 0 Å². The van der Waals surface area contributed by atoms with Gasteiger partial charge in [-0.05, 0) is 24.7 Å². The number of ether oxygens (including phenoxy) is 1. The maximum Gasteiger partial charge on any atom is 0.416 e. The highest BCUT2D eigenvalue weighted by atomic mass is 19.4. The molecule has 1 aliphatic rings. The summed E-state index contributed by atoms with van der Waals surface area (Å²) >= 11 is 0. The van der Waals surface area contributed by atoms with Gasteiger partial charge in [-0.1, -0.05) is 12.1 Å². The Kier molecular flexibility index (Phi) is 6.01. The van der Waals surface area contributed by atoms with Crippen LogP contribution in [0.1, 0.15) is 11.1 Å². The third kappa shape index (κ3) is 5.84. The summed E-state index contributed by atoms with van der Waals surface area (Å²) in [5, 5.41) is 2.83. The van der Waals surface area contributed by atoms with Crippen molar-refractivity contribution in [1.82, 2.24) is 10.2 Å². The minimum Gasteiger partial charge on any atom is -0.380 e. The van der Waals surface area contributed by atoms with Crippen molar-refractivity contribution in [1.29, 1.82) is 0 Å². The van der Waals surface area contributed by atoms with Crippen molar-refractivity contribution < 1.29 is 22.7 Å². The molecule has 0 unspecified atom stereocenters. The topological polar surface area (TPSA) is 41.6 Å². The minimum absolute atomic E-state index is 0.0710. The van der Waals surface area contributed by atoms with E-state index in [1.807, 2.05) is 7.05 Å². The summed E-state index contributed by atoms with van der Waals surface area (Å²) in [6.45, 7) is 3.51. The van der Waals surface area contributed by atoms with E-state index in [9.17, 15) is 18.0 Å². The second kappa shape index (κ2) is 7.79. The van der Waals surface area contributed by atoms with Crippen LogP contribution in [0.3, 0.4) is 0 Å². The summed E-state index contributed by atoms with van der Waals surface area (Å²) in [7, 11) is 2.01. The predicted octanol–water partition coefficient (Wildman–Crippen LogP) is 1.94. The normalized spacial score (nSPS) is 20.1. The Morgan fingerprint density at radius 3 is 2.70 bits per heavy atom. The molecule has 1 aromatic rings. The molecule has 0 radical (unpaired) electrons. The van der Waals surface area contributed by atoms with Gasteiger partial charge >= 0.3 is 6.18 Å². The van der Waals surface area contributed by atoms with Crippen LogP contribution in [-0.4, -0.2) is 50.7 Å². The average molecular weight is 330 g/mol. The molecule has 1 heterocycles. The molecule has 2 rings (SSSR count). The molecule has 1 fully saturated rings. The Labute approximate surface area is 133 Å². The lowest BCUT2D eigenvalue weighted by atomic mass is 10.1. The molecule has 1 aromatic carbocycles. The van der Waals surface area contributed by atoms with E-state index >= 15 is 0 Å². The van der Waals surface area contributed by atoms with Gasteiger partial charge in [-0.2, -0.15) is 13.2 Å². The second-order valence-corrected chi connectivity index (χ2v) is 5.88. The number of nitrogens with one attached hydrogen (secondary N) is 1. The third-order valence-corrected chi connectivity index (χ3v) is 3.77. The molecule has 23 heavy (non-hydrogen) atoms. The number of benzene rings is 1. The molecular weight excluding hydrogens is 309 g/mol. The number of likely N-dealkylation sites (N-methyl/N-ethyl adjacent to an activating group) is 1. The van der Waals surface area contributed by atoms with Gasteiger partial charge < -0.3 is 15.0 Å². The quantitative estimate of drug-likeness (QED) is 0.917. The van der Waals surface area contributed by atoms with E-state index in [0.29, 0.717) is 25.3 Å². The summed E-state index contributed by atoms with van der Waals surface area (Å²) in [5.74, 6) is 0.0238. The first kappa shape index (κ1) is 17.7. The maximum atomic E-state index is 12.5. The SMILES string of the molecule is CN1CCOC[C@H](CNC(=O)Cc2ccc(C(F)(F)F)cc2)C1. The Morgan fingerprint density at radius 2 is 2.04 bits per heavy atom. The fourth-order valence-electron chi connectivity index (χ4n) is 2.50. The highest BCUT2D eigenvalue weighted by molar-refractivity contribution is 5.78. The molecule has 7 heteroatoms. The van der Waals surface area contributed by atoms with Crippen LogP contribution in [0, 0.1) is 5.92 Å². The minimum atomic E-state index is -4.35. The van der Waals surface area contributed by atoms with Crippen molar-refractivity contribution in [2.24, 2.45) is 5.92 Å². The van der Waals surface area contributed by atoms with Gasteiger partial charge in [0.05, 0.1) is 25.2 Å². The number of alkyl halides is 3. The van der Waals surface area contributed by atoms with Gasteiger partial charge in [0.25, 0.3) is 0 Å². The average Bonchev–Trinajstić information content (AvgIpc) is 2.69. The lowest BCUT2D eigenvalue weighted by Crippen LogP contribution is -2.36. The molecule has 1 aliphatic heterocycles. The van der Waals surface area contributed by atoms with E-state index in [-0.39, 0.29) is 18.2 Å². The zero-order valence-electron chi connectivity index (χ0n) is 13.0. The lowest BCUT2D eigenvalue weighted by Gasteiger charge is -2.19. The van der Waals surface area contributed by atoms with Crippen LogP contribution in [0.5, 0.6) is 0 Å². The second-order valence-electron chi connectivity index (χ2n) is 5.88.